The van der Waals surface area contributed by atoms with Crippen molar-refractivity contribution in [3.05, 3.63) is 70.4 Å². The fourth-order valence-electron chi connectivity index (χ4n) is 3.61. The van der Waals surface area contributed by atoms with E-state index >= 15 is 0 Å². The minimum Gasteiger partial charge on any atom is -0.468 e. The molecule has 0 aliphatic rings. The SMILES string of the molecule is COC(=O)Cn1c(C)c(C=NNC(=O)C(NC(=O)c2ccc(Cl)cc2)C(C)C)c2ccccc21. The molecule has 34 heavy (non-hydrogen) atoms. The summed E-state index contributed by atoms with van der Waals surface area (Å²) in [5, 5.41) is 8.30. The normalized spacial score (nSPS) is 12.2. The second kappa shape index (κ2) is 11.0. The summed E-state index contributed by atoms with van der Waals surface area (Å²) in [6.45, 7) is 5.60. The Kier molecular flexibility index (Phi) is 8.07. The van der Waals surface area contributed by atoms with Crippen molar-refractivity contribution in [1.29, 1.82) is 0 Å². The molecule has 0 saturated carbocycles. The van der Waals surface area contributed by atoms with Gasteiger partial charge < -0.3 is 14.6 Å². The van der Waals surface area contributed by atoms with Gasteiger partial charge >= 0.3 is 5.97 Å². The van der Waals surface area contributed by atoms with E-state index < -0.39 is 11.9 Å². The fraction of sp³-hybridized carbons (Fsp3) is 0.280. The molecule has 0 saturated heterocycles. The van der Waals surface area contributed by atoms with E-state index in [2.05, 4.69) is 15.8 Å². The number of esters is 1. The zero-order valence-corrected chi connectivity index (χ0v) is 20.2. The van der Waals surface area contributed by atoms with Gasteiger partial charge in [-0.1, -0.05) is 43.6 Å². The molecule has 2 aromatic carbocycles. The van der Waals surface area contributed by atoms with Gasteiger partial charge in [0.05, 0.1) is 13.3 Å². The van der Waals surface area contributed by atoms with Crippen molar-refractivity contribution in [2.45, 2.75) is 33.4 Å². The van der Waals surface area contributed by atoms with Crippen LogP contribution in [0.25, 0.3) is 10.9 Å². The Hall–Kier alpha value is -3.65. The number of hydrogen-bond acceptors (Lipinski definition) is 5. The lowest BCUT2D eigenvalue weighted by atomic mass is 10.0. The Morgan fingerprint density at radius 1 is 1.12 bits per heavy atom. The number of carbonyl (C=O) groups is 3. The molecule has 1 heterocycles. The predicted molar refractivity (Wildman–Crippen MR) is 132 cm³/mol. The molecule has 178 valence electrons. The molecule has 1 unspecified atom stereocenters. The van der Waals surface area contributed by atoms with Crippen molar-refractivity contribution in [2.24, 2.45) is 11.0 Å². The zero-order chi connectivity index (χ0) is 24.8. The van der Waals surface area contributed by atoms with Gasteiger partial charge in [0, 0.05) is 32.7 Å². The number of rotatable bonds is 8. The van der Waals surface area contributed by atoms with Crippen molar-refractivity contribution < 1.29 is 19.1 Å². The molecule has 1 atom stereocenters. The summed E-state index contributed by atoms with van der Waals surface area (Å²) in [5.41, 5.74) is 5.36. The lowest BCUT2D eigenvalue weighted by Crippen LogP contribution is -2.48. The molecule has 1 aromatic heterocycles. The number of halogens is 1. The van der Waals surface area contributed by atoms with Crippen LogP contribution < -0.4 is 10.7 Å². The highest BCUT2D eigenvalue weighted by Crippen LogP contribution is 2.24. The summed E-state index contributed by atoms with van der Waals surface area (Å²) >= 11 is 5.88. The standard InChI is InChI=1S/C25H27ClN4O4/c1-15(2)23(28-24(32)17-9-11-18(26)12-10-17)25(33)29-27-13-20-16(3)30(14-22(31)34-4)21-8-6-5-7-19(20)21/h5-13,15,23H,14H2,1-4H3,(H,28,32)(H,29,33). The number of benzene rings is 2. The van der Waals surface area contributed by atoms with E-state index in [-0.39, 0.29) is 24.3 Å². The van der Waals surface area contributed by atoms with E-state index in [1.54, 1.807) is 30.5 Å². The van der Waals surface area contributed by atoms with E-state index in [4.69, 9.17) is 16.3 Å². The summed E-state index contributed by atoms with van der Waals surface area (Å²) < 4.78 is 6.65. The molecule has 0 radical (unpaired) electrons. The summed E-state index contributed by atoms with van der Waals surface area (Å²) in [4.78, 5) is 37.2. The second-order valence-corrected chi connectivity index (χ2v) is 8.55. The molecule has 0 aliphatic heterocycles. The van der Waals surface area contributed by atoms with E-state index in [0.717, 1.165) is 22.2 Å². The number of nitrogens with zero attached hydrogens (tertiary/aromatic N) is 2. The second-order valence-electron chi connectivity index (χ2n) is 8.11. The van der Waals surface area contributed by atoms with Crippen molar-refractivity contribution >= 4 is 46.5 Å². The van der Waals surface area contributed by atoms with Gasteiger partial charge in [-0.15, -0.1) is 0 Å². The quantitative estimate of drug-likeness (QED) is 0.290. The maximum atomic E-state index is 12.8. The smallest absolute Gasteiger partial charge is 0.325 e. The summed E-state index contributed by atoms with van der Waals surface area (Å²) in [6.07, 6.45) is 1.54. The van der Waals surface area contributed by atoms with Crippen LogP contribution in [0.15, 0.2) is 53.6 Å². The van der Waals surface area contributed by atoms with Crippen LogP contribution in [-0.2, 0) is 20.9 Å². The van der Waals surface area contributed by atoms with Crippen LogP contribution in [0, 0.1) is 12.8 Å². The van der Waals surface area contributed by atoms with Gasteiger partial charge in [0.15, 0.2) is 0 Å². The zero-order valence-electron chi connectivity index (χ0n) is 19.5. The topological polar surface area (TPSA) is 102 Å². The summed E-state index contributed by atoms with van der Waals surface area (Å²) in [6, 6.07) is 13.2. The molecule has 2 N–H and O–H groups in total. The number of hydrogen-bond donors (Lipinski definition) is 2. The van der Waals surface area contributed by atoms with Crippen LogP contribution in [0.1, 0.15) is 35.5 Å². The summed E-state index contributed by atoms with van der Waals surface area (Å²) in [5.74, 6) is -1.35. The maximum Gasteiger partial charge on any atom is 0.325 e. The highest BCUT2D eigenvalue weighted by Gasteiger charge is 2.24. The molecular formula is C25H27ClN4O4. The molecule has 3 rings (SSSR count). The number of hydrazone groups is 1. The van der Waals surface area contributed by atoms with Gasteiger partial charge in [0.25, 0.3) is 11.8 Å². The molecule has 0 fully saturated rings. The number of para-hydroxylation sites is 1. The van der Waals surface area contributed by atoms with Crippen LogP contribution >= 0.6 is 11.6 Å². The van der Waals surface area contributed by atoms with Gasteiger partial charge in [-0.3, -0.25) is 14.4 Å². The van der Waals surface area contributed by atoms with Crippen molar-refractivity contribution in [3.63, 3.8) is 0 Å². The maximum absolute atomic E-state index is 12.8. The molecule has 0 bridgehead atoms. The van der Waals surface area contributed by atoms with Crippen LogP contribution in [0.5, 0.6) is 0 Å². The first kappa shape index (κ1) is 25.0. The Labute approximate surface area is 202 Å². The van der Waals surface area contributed by atoms with Crippen LogP contribution in [0.3, 0.4) is 0 Å². The number of amides is 2. The fourth-order valence-corrected chi connectivity index (χ4v) is 3.73. The number of nitrogens with one attached hydrogen (secondary N) is 2. The van der Waals surface area contributed by atoms with E-state index in [9.17, 15) is 14.4 Å². The number of methoxy groups -OCH3 is 1. The third-order valence-electron chi connectivity index (χ3n) is 5.51. The average Bonchev–Trinajstić information content (AvgIpc) is 3.08. The Morgan fingerprint density at radius 2 is 1.79 bits per heavy atom. The number of fused-ring (bicyclic) bond motifs is 1. The highest BCUT2D eigenvalue weighted by molar-refractivity contribution is 6.30. The van der Waals surface area contributed by atoms with Crippen LogP contribution in [0.4, 0.5) is 0 Å². The lowest BCUT2D eigenvalue weighted by Gasteiger charge is -2.20. The Balaban J connectivity index is 1.77. The van der Waals surface area contributed by atoms with Gasteiger partial charge in [0.1, 0.15) is 12.6 Å². The van der Waals surface area contributed by atoms with Crippen LogP contribution in [-0.4, -0.2) is 41.7 Å². The predicted octanol–water partition coefficient (Wildman–Crippen LogP) is 3.68. The van der Waals surface area contributed by atoms with E-state index in [1.165, 1.54) is 7.11 Å². The highest BCUT2D eigenvalue weighted by atomic mass is 35.5. The van der Waals surface area contributed by atoms with Gasteiger partial charge in [-0.05, 0) is 43.2 Å². The molecule has 0 spiro atoms. The van der Waals surface area contributed by atoms with Crippen molar-refractivity contribution in [3.8, 4) is 0 Å². The Morgan fingerprint density at radius 3 is 2.44 bits per heavy atom. The van der Waals surface area contributed by atoms with Gasteiger partial charge in [-0.25, -0.2) is 5.43 Å². The molecule has 8 nitrogen and oxygen atoms in total. The molecular weight excluding hydrogens is 456 g/mol. The van der Waals surface area contributed by atoms with Gasteiger partial charge in [-0.2, -0.15) is 5.10 Å². The molecule has 3 aromatic rings. The molecule has 2 amide bonds. The third-order valence-corrected chi connectivity index (χ3v) is 5.76. The lowest BCUT2D eigenvalue weighted by molar-refractivity contribution is -0.141. The number of ether oxygens (including phenoxy) is 1. The van der Waals surface area contributed by atoms with Crippen LogP contribution in [0.2, 0.25) is 5.02 Å². The first-order valence-corrected chi connectivity index (χ1v) is 11.1. The first-order chi connectivity index (χ1) is 16.2. The third kappa shape index (κ3) is 5.63. The number of carbonyl (C=O) groups excluding carboxylic acids is 3. The van der Waals surface area contributed by atoms with Gasteiger partial charge in [0.2, 0.25) is 0 Å². The largest absolute Gasteiger partial charge is 0.468 e. The minimum atomic E-state index is -0.790. The van der Waals surface area contributed by atoms with E-state index in [0.29, 0.717) is 10.6 Å². The molecule has 0 aliphatic carbocycles. The first-order valence-electron chi connectivity index (χ1n) is 10.8. The minimum absolute atomic E-state index is 0.0647. The monoisotopic (exact) mass is 482 g/mol. The van der Waals surface area contributed by atoms with Crippen molar-refractivity contribution in [1.82, 2.24) is 15.3 Å². The molecule has 9 heteroatoms. The summed E-state index contributed by atoms with van der Waals surface area (Å²) in [7, 11) is 1.35. The van der Waals surface area contributed by atoms with Crippen molar-refractivity contribution in [2.75, 3.05) is 7.11 Å². The Bertz CT molecular complexity index is 1230. The number of aromatic nitrogens is 1. The average molecular weight is 483 g/mol. The van der Waals surface area contributed by atoms with E-state index in [1.807, 2.05) is 49.6 Å².